The van der Waals surface area contributed by atoms with Gasteiger partial charge in [-0.3, -0.25) is 14.9 Å². The van der Waals surface area contributed by atoms with Crippen molar-refractivity contribution in [1.29, 1.82) is 0 Å². The summed E-state index contributed by atoms with van der Waals surface area (Å²) in [5.41, 5.74) is 3.19. The maximum absolute atomic E-state index is 13.3. The molecule has 9 heteroatoms. The number of rotatable bonds is 7. The number of halogens is 2. The van der Waals surface area contributed by atoms with Crippen molar-refractivity contribution >= 4 is 52.8 Å². The zero-order valence-corrected chi connectivity index (χ0v) is 21.9. The summed E-state index contributed by atoms with van der Waals surface area (Å²) in [4.78, 5) is 39.4. The summed E-state index contributed by atoms with van der Waals surface area (Å²) in [6, 6.07) is 15.1. The molecule has 0 aliphatic carbocycles. The van der Waals surface area contributed by atoms with Crippen molar-refractivity contribution in [3.8, 4) is 11.5 Å². The second-order valence-electron chi connectivity index (χ2n) is 8.43. The van der Waals surface area contributed by atoms with Gasteiger partial charge in [0.1, 0.15) is 12.2 Å². The van der Waals surface area contributed by atoms with Gasteiger partial charge in [-0.15, -0.1) is 0 Å². The van der Waals surface area contributed by atoms with Crippen LogP contribution in [-0.2, 0) is 16.2 Å². The second-order valence-corrected chi connectivity index (χ2v) is 9.27. The van der Waals surface area contributed by atoms with Crippen LogP contribution in [0.15, 0.2) is 60.2 Å². The van der Waals surface area contributed by atoms with E-state index in [-0.39, 0.29) is 22.9 Å². The Morgan fingerprint density at radius 3 is 2.38 bits per heavy atom. The Balaban J connectivity index is 1.67. The Labute approximate surface area is 224 Å². The quantitative estimate of drug-likeness (QED) is 0.283. The highest BCUT2D eigenvalue weighted by atomic mass is 35.5. The summed E-state index contributed by atoms with van der Waals surface area (Å²) in [6.07, 6.45) is 1.36. The minimum Gasteiger partial charge on any atom is -0.490 e. The molecule has 0 radical (unpaired) electrons. The van der Waals surface area contributed by atoms with Crippen molar-refractivity contribution in [1.82, 2.24) is 5.32 Å². The first kappa shape index (κ1) is 26.3. The number of benzene rings is 3. The van der Waals surface area contributed by atoms with Gasteiger partial charge in [-0.1, -0.05) is 59.1 Å². The molecule has 1 aliphatic rings. The summed E-state index contributed by atoms with van der Waals surface area (Å²) in [6.45, 7) is 6.17. The fraction of sp³-hybridized carbons (Fsp3) is 0.179. The molecule has 0 atom stereocenters. The SMILES string of the molecule is CCOc1cc(/C=C2\C(=O)NC(=O)N(c3cc(Cl)ccc3C)C2=O)cc(Cl)c1OCc1ccc(C)cc1. The fourth-order valence-corrected chi connectivity index (χ4v) is 4.22. The summed E-state index contributed by atoms with van der Waals surface area (Å²) in [5.74, 6) is -0.902. The van der Waals surface area contributed by atoms with Gasteiger partial charge in [0.2, 0.25) is 0 Å². The molecule has 0 aromatic heterocycles. The van der Waals surface area contributed by atoms with E-state index < -0.39 is 17.8 Å². The largest absolute Gasteiger partial charge is 0.490 e. The Hall–Kier alpha value is -3.81. The lowest BCUT2D eigenvalue weighted by molar-refractivity contribution is -0.122. The number of anilines is 1. The van der Waals surface area contributed by atoms with Crippen LogP contribution in [0, 0.1) is 13.8 Å². The minimum absolute atomic E-state index is 0.243. The lowest BCUT2D eigenvalue weighted by atomic mass is 10.1. The highest BCUT2D eigenvalue weighted by molar-refractivity contribution is 6.40. The Kier molecular flexibility index (Phi) is 7.86. The maximum atomic E-state index is 13.3. The van der Waals surface area contributed by atoms with E-state index in [2.05, 4.69) is 5.32 Å². The van der Waals surface area contributed by atoms with E-state index >= 15 is 0 Å². The van der Waals surface area contributed by atoms with Gasteiger partial charge in [0.15, 0.2) is 11.5 Å². The molecule has 1 heterocycles. The lowest BCUT2D eigenvalue weighted by Crippen LogP contribution is -2.54. The van der Waals surface area contributed by atoms with Gasteiger partial charge in [-0.2, -0.15) is 0 Å². The number of urea groups is 1. The van der Waals surface area contributed by atoms with Crippen molar-refractivity contribution in [3.63, 3.8) is 0 Å². The van der Waals surface area contributed by atoms with Crippen LogP contribution in [-0.4, -0.2) is 24.5 Å². The second kappa shape index (κ2) is 11.1. The highest BCUT2D eigenvalue weighted by Crippen LogP contribution is 2.38. The van der Waals surface area contributed by atoms with Gasteiger partial charge in [0.25, 0.3) is 11.8 Å². The molecule has 0 bridgehead atoms. The number of amides is 4. The molecule has 0 saturated carbocycles. The first-order chi connectivity index (χ1) is 17.7. The van der Waals surface area contributed by atoms with E-state index in [0.717, 1.165) is 16.0 Å². The van der Waals surface area contributed by atoms with Crippen LogP contribution in [0.1, 0.15) is 29.2 Å². The normalized spacial score (nSPS) is 14.7. The average Bonchev–Trinajstić information content (AvgIpc) is 2.84. The molecular weight excluding hydrogens is 515 g/mol. The van der Waals surface area contributed by atoms with Gasteiger partial charge in [0.05, 0.1) is 17.3 Å². The van der Waals surface area contributed by atoms with Crippen molar-refractivity contribution in [2.24, 2.45) is 0 Å². The zero-order chi connectivity index (χ0) is 26.7. The molecule has 3 aromatic rings. The molecule has 4 amide bonds. The van der Waals surface area contributed by atoms with Crippen LogP contribution in [0.2, 0.25) is 10.0 Å². The standard InChI is InChI=1S/C28H24Cl2N2O5/c1-4-36-24-13-19(12-22(30)25(24)37-15-18-8-5-16(2)6-9-18)11-21-26(33)31-28(35)32(27(21)34)23-14-20(29)10-7-17(23)3/h5-14H,4,15H2,1-3H3,(H,31,33,35)/b21-11+. The predicted octanol–water partition coefficient (Wildman–Crippen LogP) is 6.25. The molecule has 4 rings (SSSR count). The molecule has 3 aromatic carbocycles. The van der Waals surface area contributed by atoms with Crippen molar-refractivity contribution in [3.05, 3.63) is 92.5 Å². The van der Waals surface area contributed by atoms with Gasteiger partial charge in [-0.05, 0) is 67.8 Å². The van der Waals surface area contributed by atoms with Crippen LogP contribution in [0.3, 0.4) is 0 Å². The third-order valence-electron chi connectivity index (χ3n) is 5.66. The van der Waals surface area contributed by atoms with Gasteiger partial charge < -0.3 is 9.47 Å². The van der Waals surface area contributed by atoms with E-state index in [1.807, 2.05) is 38.1 Å². The molecule has 1 fully saturated rings. The molecule has 1 aliphatic heterocycles. The molecule has 37 heavy (non-hydrogen) atoms. The molecule has 190 valence electrons. The number of nitrogens with zero attached hydrogens (tertiary/aromatic N) is 1. The summed E-state index contributed by atoms with van der Waals surface area (Å²) in [5, 5.41) is 2.80. The Bertz CT molecular complexity index is 1420. The minimum atomic E-state index is -0.856. The Morgan fingerprint density at radius 2 is 1.68 bits per heavy atom. The van der Waals surface area contributed by atoms with Crippen molar-refractivity contribution < 1.29 is 23.9 Å². The predicted molar refractivity (Wildman–Crippen MR) is 143 cm³/mol. The van der Waals surface area contributed by atoms with Crippen LogP contribution in [0.25, 0.3) is 6.08 Å². The monoisotopic (exact) mass is 538 g/mol. The average molecular weight is 539 g/mol. The summed E-state index contributed by atoms with van der Waals surface area (Å²) >= 11 is 12.6. The van der Waals surface area contributed by atoms with E-state index in [0.29, 0.717) is 34.3 Å². The van der Waals surface area contributed by atoms with E-state index in [4.69, 9.17) is 32.7 Å². The number of imide groups is 2. The number of barbiturate groups is 1. The number of hydrogen-bond donors (Lipinski definition) is 1. The van der Waals surface area contributed by atoms with E-state index in [1.165, 1.54) is 12.1 Å². The number of ether oxygens (including phenoxy) is 2. The number of aryl methyl sites for hydroxylation is 2. The number of carbonyl (C=O) groups is 3. The van der Waals surface area contributed by atoms with Crippen LogP contribution < -0.4 is 19.7 Å². The fourth-order valence-electron chi connectivity index (χ4n) is 3.78. The van der Waals surface area contributed by atoms with E-state index in [1.54, 1.807) is 31.2 Å². The van der Waals surface area contributed by atoms with Crippen molar-refractivity contribution in [2.75, 3.05) is 11.5 Å². The molecular formula is C28H24Cl2N2O5. The van der Waals surface area contributed by atoms with Gasteiger partial charge in [-0.25, -0.2) is 9.69 Å². The van der Waals surface area contributed by atoms with Crippen LogP contribution in [0.5, 0.6) is 11.5 Å². The molecule has 0 spiro atoms. The Morgan fingerprint density at radius 1 is 0.946 bits per heavy atom. The molecule has 1 N–H and O–H groups in total. The van der Waals surface area contributed by atoms with Crippen molar-refractivity contribution in [2.45, 2.75) is 27.4 Å². The maximum Gasteiger partial charge on any atom is 0.335 e. The van der Waals surface area contributed by atoms with Gasteiger partial charge >= 0.3 is 6.03 Å². The van der Waals surface area contributed by atoms with E-state index in [9.17, 15) is 14.4 Å². The first-order valence-electron chi connectivity index (χ1n) is 11.5. The number of nitrogens with one attached hydrogen (secondary N) is 1. The molecule has 1 saturated heterocycles. The summed E-state index contributed by atoms with van der Waals surface area (Å²) < 4.78 is 11.7. The summed E-state index contributed by atoms with van der Waals surface area (Å²) in [7, 11) is 0. The zero-order valence-electron chi connectivity index (χ0n) is 20.4. The third-order valence-corrected chi connectivity index (χ3v) is 6.18. The number of carbonyl (C=O) groups excluding carboxylic acids is 3. The smallest absolute Gasteiger partial charge is 0.335 e. The highest BCUT2D eigenvalue weighted by Gasteiger charge is 2.37. The molecule has 0 unspecified atom stereocenters. The third kappa shape index (κ3) is 5.79. The van der Waals surface area contributed by atoms with Crippen LogP contribution in [0.4, 0.5) is 10.5 Å². The first-order valence-corrected chi connectivity index (χ1v) is 12.3. The molecule has 7 nitrogen and oxygen atoms in total. The lowest BCUT2D eigenvalue weighted by Gasteiger charge is -2.27. The number of hydrogen-bond acceptors (Lipinski definition) is 5. The van der Waals surface area contributed by atoms with Gasteiger partial charge in [0, 0.05) is 5.02 Å². The topological polar surface area (TPSA) is 84.9 Å². The van der Waals surface area contributed by atoms with Crippen LogP contribution >= 0.6 is 23.2 Å².